The van der Waals surface area contributed by atoms with Gasteiger partial charge in [0.05, 0.1) is 25.2 Å². The molecule has 0 unspecified atom stereocenters. The number of para-hydroxylation sites is 1. The molecular formula is C30H32N6O2. The number of benzene rings is 3. The van der Waals surface area contributed by atoms with Gasteiger partial charge in [0, 0.05) is 18.7 Å². The number of hydrogen-bond acceptors (Lipinski definition) is 6. The zero-order valence-corrected chi connectivity index (χ0v) is 22.0. The highest BCUT2D eigenvalue weighted by atomic mass is 16.5. The molecule has 8 heteroatoms. The molecule has 194 valence electrons. The van der Waals surface area contributed by atoms with E-state index in [9.17, 15) is 4.79 Å². The number of pyridine rings is 1. The van der Waals surface area contributed by atoms with Gasteiger partial charge in [-0.05, 0) is 64.0 Å². The summed E-state index contributed by atoms with van der Waals surface area (Å²) in [5, 5.41) is 13.8. The van der Waals surface area contributed by atoms with Crippen LogP contribution in [0, 0.1) is 6.92 Å². The van der Waals surface area contributed by atoms with Gasteiger partial charge in [0.1, 0.15) is 5.75 Å². The van der Waals surface area contributed by atoms with Gasteiger partial charge in [-0.15, -0.1) is 5.10 Å². The highest BCUT2D eigenvalue weighted by Crippen LogP contribution is 2.27. The summed E-state index contributed by atoms with van der Waals surface area (Å²) in [7, 11) is 1.66. The summed E-state index contributed by atoms with van der Waals surface area (Å²) >= 11 is 0. The molecule has 0 fully saturated rings. The maximum Gasteiger partial charge on any atom is 0.252 e. The molecule has 0 aliphatic heterocycles. The van der Waals surface area contributed by atoms with Gasteiger partial charge in [-0.2, -0.15) is 0 Å². The lowest BCUT2D eigenvalue weighted by Gasteiger charge is -2.30. The molecule has 8 nitrogen and oxygen atoms in total. The average molecular weight is 509 g/mol. The standard InChI is InChI=1S/C30H32N6O2/c1-4-27(29-32-33-34-36(29)19-23-13-15-26(38-3)16-14-23)35(18-22-10-6-5-7-11-22)20-25-17-24-12-8-9-21(2)28(24)31-30(25)37/h5-17,27H,4,18-20H2,1-3H3,(H,31,37)/t27-/m1/s1. The van der Waals surface area contributed by atoms with E-state index in [2.05, 4.69) is 44.5 Å². The van der Waals surface area contributed by atoms with E-state index in [0.29, 0.717) is 25.2 Å². The molecule has 5 aromatic rings. The minimum Gasteiger partial charge on any atom is -0.497 e. The smallest absolute Gasteiger partial charge is 0.252 e. The largest absolute Gasteiger partial charge is 0.497 e. The molecular weight excluding hydrogens is 476 g/mol. The Labute approximate surface area is 221 Å². The third-order valence-corrected chi connectivity index (χ3v) is 6.94. The maximum atomic E-state index is 13.2. The fraction of sp³-hybridized carbons (Fsp3) is 0.267. The number of nitrogens with one attached hydrogen (secondary N) is 1. The number of aryl methyl sites for hydroxylation is 1. The molecule has 38 heavy (non-hydrogen) atoms. The monoisotopic (exact) mass is 508 g/mol. The number of aromatic nitrogens is 5. The molecule has 0 bridgehead atoms. The fourth-order valence-electron chi connectivity index (χ4n) is 4.93. The molecule has 1 N–H and O–H groups in total. The van der Waals surface area contributed by atoms with Gasteiger partial charge >= 0.3 is 0 Å². The van der Waals surface area contributed by atoms with E-state index in [1.807, 2.05) is 78.3 Å². The summed E-state index contributed by atoms with van der Waals surface area (Å²) in [5.41, 5.74) is 4.81. The second-order valence-corrected chi connectivity index (χ2v) is 9.52. The number of ether oxygens (including phenoxy) is 1. The van der Waals surface area contributed by atoms with Crippen LogP contribution in [-0.4, -0.2) is 37.2 Å². The van der Waals surface area contributed by atoms with Crippen LogP contribution >= 0.6 is 0 Å². The summed E-state index contributed by atoms with van der Waals surface area (Å²) in [5.74, 6) is 1.58. The maximum absolute atomic E-state index is 13.2. The first-order chi connectivity index (χ1) is 18.6. The minimum absolute atomic E-state index is 0.0717. The predicted octanol–water partition coefficient (Wildman–Crippen LogP) is 5.03. The third-order valence-electron chi connectivity index (χ3n) is 6.94. The molecule has 0 saturated heterocycles. The van der Waals surface area contributed by atoms with E-state index >= 15 is 0 Å². The Kier molecular flexibility index (Phi) is 7.60. The Morgan fingerprint density at radius 3 is 2.50 bits per heavy atom. The van der Waals surface area contributed by atoms with Gasteiger partial charge in [0.2, 0.25) is 0 Å². The molecule has 3 aromatic carbocycles. The Morgan fingerprint density at radius 1 is 0.974 bits per heavy atom. The third kappa shape index (κ3) is 5.50. The molecule has 5 rings (SSSR count). The van der Waals surface area contributed by atoms with Gasteiger partial charge in [0.15, 0.2) is 5.82 Å². The lowest BCUT2D eigenvalue weighted by atomic mass is 10.1. The number of nitrogens with zero attached hydrogens (tertiary/aromatic N) is 5. The number of tetrazole rings is 1. The number of fused-ring (bicyclic) bond motifs is 1. The quantitative estimate of drug-likeness (QED) is 0.285. The minimum atomic E-state index is -0.101. The van der Waals surface area contributed by atoms with E-state index in [-0.39, 0.29) is 11.6 Å². The van der Waals surface area contributed by atoms with Crippen LogP contribution < -0.4 is 10.3 Å². The zero-order valence-electron chi connectivity index (χ0n) is 22.0. The van der Waals surface area contributed by atoms with Crippen molar-refractivity contribution in [2.45, 2.75) is 45.9 Å². The first-order valence-corrected chi connectivity index (χ1v) is 12.8. The summed E-state index contributed by atoms with van der Waals surface area (Å²) in [6.07, 6.45) is 0.778. The van der Waals surface area contributed by atoms with Crippen LogP contribution in [0.5, 0.6) is 5.75 Å². The summed E-state index contributed by atoms with van der Waals surface area (Å²) in [6.45, 7) is 5.79. The van der Waals surface area contributed by atoms with Crippen molar-refractivity contribution in [1.29, 1.82) is 0 Å². The van der Waals surface area contributed by atoms with Crippen molar-refractivity contribution in [2.75, 3.05) is 7.11 Å². The van der Waals surface area contributed by atoms with E-state index < -0.39 is 0 Å². The van der Waals surface area contributed by atoms with Crippen LogP contribution in [0.4, 0.5) is 0 Å². The van der Waals surface area contributed by atoms with Crippen LogP contribution in [0.15, 0.2) is 83.7 Å². The van der Waals surface area contributed by atoms with Crippen LogP contribution in [0.1, 0.15) is 47.5 Å². The van der Waals surface area contributed by atoms with Gasteiger partial charge in [0.25, 0.3) is 5.56 Å². The Balaban J connectivity index is 1.50. The predicted molar refractivity (Wildman–Crippen MR) is 148 cm³/mol. The zero-order chi connectivity index (χ0) is 26.5. The summed E-state index contributed by atoms with van der Waals surface area (Å²) < 4.78 is 7.14. The number of hydrogen-bond donors (Lipinski definition) is 1. The molecule has 0 amide bonds. The number of aromatic amines is 1. The van der Waals surface area contributed by atoms with Gasteiger partial charge < -0.3 is 9.72 Å². The normalized spacial score (nSPS) is 12.2. The fourth-order valence-corrected chi connectivity index (χ4v) is 4.93. The van der Waals surface area contributed by atoms with Gasteiger partial charge in [-0.25, -0.2) is 4.68 Å². The van der Waals surface area contributed by atoms with Crippen molar-refractivity contribution in [3.8, 4) is 5.75 Å². The number of rotatable bonds is 10. The highest BCUT2D eigenvalue weighted by molar-refractivity contribution is 5.81. The van der Waals surface area contributed by atoms with Crippen molar-refractivity contribution < 1.29 is 4.74 Å². The van der Waals surface area contributed by atoms with E-state index in [0.717, 1.165) is 45.6 Å². The van der Waals surface area contributed by atoms with Crippen molar-refractivity contribution in [2.24, 2.45) is 0 Å². The highest BCUT2D eigenvalue weighted by Gasteiger charge is 2.26. The summed E-state index contributed by atoms with van der Waals surface area (Å²) in [4.78, 5) is 18.6. The molecule has 0 saturated carbocycles. The molecule has 0 aliphatic carbocycles. The van der Waals surface area contributed by atoms with Crippen molar-refractivity contribution in [3.63, 3.8) is 0 Å². The van der Waals surface area contributed by atoms with Crippen molar-refractivity contribution in [1.82, 2.24) is 30.1 Å². The topological polar surface area (TPSA) is 88.9 Å². The lowest BCUT2D eigenvalue weighted by Crippen LogP contribution is -2.32. The van der Waals surface area contributed by atoms with Crippen molar-refractivity contribution >= 4 is 10.9 Å². The summed E-state index contributed by atoms with van der Waals surface area (Å²) in [6, 6.07) is 26.2. The molecule has 0 spiro atoms. The van der Waals surface area contributed by atoms with Gasteiger partial charge in [-0.3, -0.25) is 9.69 Å². The molecule has 1 atom stereocenters. The van der Waals surface area contributed by atoms with E-state index in [4.69, 9.17) is 4.74 Å². The number of H-pyrrole nitrogens is 1. The van der Waals surface area contributed by atoms with Crippen LogP contribution in [0.3, 0.4) is 0 Å². The van der Waals surface area contributed by atoms with Crippen LogP contribution in [-0.2, 0) is 19.6 Å². The molecule has 2 heterocycles. The van der Waals surface area contributed by atoms with Crippen molar-refractivity contribution in [3.05, 3.63) is 117 Å². The Hall–Kier alpha value is -4.30. The Bertz CT molecular complexity index is 1560. The second-order valence-electron chi connectivity index (χ2n) is 9.52. The van der Waals surface area contributed by atoms with E-state index in [1.54, 1.807) is 7.11 Å². The van der Waals surface area contributed by atoms with Crippen LogP contribution in [0.2, 0.25) is 0 Å². The Morgan fingerprint density at radius 2 is 1.76 bits per heavy atom. The SMILES string of the molecule is CC[C@H](c1nnnn1Cc1ccc(OC)cc1)N(Cc1ccccc1)Cc1cc2cccc(C)c2[nH]c1=O. The molecule has 2 aromatic heterocycles. The van der Waals surface area contributed by atoms with E-state index in [1.165, 1.54) is 0 Å². The van der Waals surface area contributed by atoms with Crippen LogP contribution in [0.25, 0.3) is 10.9 Å². The second kappa shape index (κ2) is 11.4. The van der Waals surface area contributed by atoms with Gasteiger partial charge in [-0.1, -0.05) is 67.6 Å². The first kappa shape index (κ1) is 25.4. The first-order valence-electron chi connectivity index (χ1n) is 12.8. The lowest BCUT2D eigenvalue weighted by molar-refractivity contribution is 0.161. The average Bonchev–Trinajstić information content (AvgIpc) is 3.38. The molecule has 0 radical (unpaired) electrons. The number of methoxy groups -OCH3 is 1. The molecule has 0 aliphatic rings.